The van der Waals surface area contributed by atoms with Gasteiger partial charge in [-0.2, -0.15) is 0 Å². The molecule has 11 heavy (non-hydrogen) atoms. The molecule has 1 N–H and O–H groups in total. The first-order valence-corrected chi connectivity index (χ1v) is 3.55. The molecule has 0 unspecified atom stereocenters. The fourth-order valence-electron chi connectivity index (χ4n) is 0.745. The number of benzene rings is 1. The molecule has 0 saturated carbocycles. The van der Waals surface area contributed by atoms with Gasteiger partial charge in [0.2, 0.25) is 0 Å². The third-order valence-corrected chi connectivity index (χ3v) is 1.26. The van der Waals surface area contributed by atoms with Gasteiger partial charge in [-0.3, -0.25) is 0 Å². The standard InChI is InChI=1S/C9H11NO/c1-10-7-8-11-9-5-3-2-4-6-9/h1-6,10H,7-8H2. The molecule has 1 aromatic rings. The topological polar surface area (TPSA) is 21.3 Å². The minimum absolute atomic E-state index is 0.598. The van der Waals surface area contributed by atoms with Crippen LogP contribution in [0.3, 0.4) is 0 Å². The van der Waals surface area contributed by atoms with Gasteiger partial charge in [0.15, 0.2) is 0 Å². The zero-order chi connectivity index (χ0) is 7.94. The van der Waals surface area contributed by atoms with Crippen molar-refractivity contribution in [3.63, 3.8) is 0 Å². The smallest absolute Gasteiger partial charge is 0.119 e. The highest BCUT2D eigenvalue weighted by Gasteiger charge is 1.88. The zero-order valence-electron chi connectivity index (χ0n) is 6.29. The van der Waals surface area contributed by atoms with Crippen LogP contribution in [0.25, 0.3) is 0 Å². The number of hydrogen-bond acceptors (Lipinski definition) is 2. The van der Waals surface area contributed by atoms with Gasteiger partial charge < -0.3 is 10.1 Å². The Morgan fingerprint density at radius 2 is 2.00 bits per heavy atom. The lowest BCUT2D eigenvalue weighted by molar-refractivity contribution is 0.320. The first-order chi connectivity index (χ1) is 5.43. The van der Waals surface area contributed by atoms with Gasteiger partial charge in [0.1, 0.15) is 12.4 Å². The second-order valence-electron chi connectivity index (χ2n) is 2.12. The molecule has 58 valence electrons. The molecule has 0 spiro atoms. The summed E-state index contributed by atoms with van der Waals surface area (Å²) >= 11 is 0. The van der Waals surface area contributed by atoms with Crippen LogP contribution in [0.15, 0.2) is 30.3 Å². The van der Waals surface area contributed by atoms with Crippen molar-refractivity contribution in [2.75, 3.05) is 13.2 Å². The van der Waals surface area contributed by atoms with E-state index in [-0.39, 0.29) is 0 Å². The average molecular weight is 149 g/mol. The molecule has 0 aliphatic heterocycles. The Bertz CT molecular complexity index is 186. The summed E-state index contributed by atoms with van der Waals surface area (Å²) in [5, 5.41) is 2.51. The number of nitrogens with one attached hydrogen (secondary N) is 1. The fraction of sp³-hybridized carbons (Fsp3) is 0.222. The summed E-state index contributed by atoms with van der Waals surface area (Å²) in [5.41, 5.74) is 0. The van der Waals surface area contributed by atoms with Gasteiger partial charge in [-0.15, -0.1) is 0 Å². The molecule has 0 saturated heterocycles. The van der Waals surface area contributed by atoms with Crippen LogP contribution in [-0.4, -0.2) is 13.2 Å². The molecule has 0 aliphatic carbocycles. The van der Waals surface area contributed by atoms with E-state index in [1.54, 1.807) is 0 Å². The van der Waals surface area contributed by atoms with Crippen LogP contribution in [0.1, 0.15) is 0 Å². The summed E-state index contributed by atoms with van der Waals surface area (Å²) in [7, 11) is 5.06. The number of rotatable bonds is 4. The van der Waals surface area contributed by atoms with E-state index in [1.807, 2.05) is 30.3 Å². The van der Waals surface area contributed by atoms with E-state index < -0.39 is 0 Å². The average Bonchev–Trinajstić information content (AvgIpc) is 2.07. The minimum Gasteiger partial charge on any atom is -0.492 e. The van der Waals surface area contributed by atoms with Crippen molar-refractivity contribution < 1.29 is 4.74 Å². The van der Waals surface area contributed by atoms with E-state index in [2.05, 4.69) is 5.32 Å². The molecule has 0 aromatic heterocycles. The van der Waals surface area contributed by atoms with Gasteiger partial charge in [-0.1, -0.05) is 18.2 Å². The molecule has 2 radical (unpaired) electrons. The first-order valence-electron chi connectivity index (χ1n) is 3.55. The van der Waals surface area contributed by atoms with Crippen LogP contribution in [-0.2, 0) is 0 Å². The van der Waals surface area contributed by atoms with Gasteiger partial charge in [-0.05, 0) is 12.1 Å². The summed E-state index contributed by atoms with van der Waals surface area (Å²) < 4.78 is 5.30. The van der Waals surface area contributed by atoms with Crippen molar-refractivity contribution in [1.29, 1.82) is 0 Å². The SMILES string of the molecule is [CH]NCCOc1ccccc1. The van der Waals surface area contributed by atoms with E-state index >= 15 is 0 Å². The van der Waals surface area contributed by atoms with Crippen LogP contribution >= 0.6 is 0 Å². The monoisotopic (exact) mass is 149 g/mol. The van der Waals surface area contributed by atoms with Crippen LogP contribution in [0, 0.1) is 7.05 Å². The molecule has 0 amide bonds. The molecular formula is C9H11NO. The Kier molecular flexibility index (Phi) is 3.48. The van der Waals surface area contributed by atoms with Crippen LogP contribution in [0.5, 0.6) is 5.75 Å². The van der Waals surface area contributed by atoms with E-state index in [4.69, 9.17) is 11.8 Å². The number of ether oxygens (including phenoxy) is 1. The maximum absolute atomic E-state index is 5.30. The van der Waals surface area contributed by atoms with Crippen molar-refractivity contribution in [2.45, 2.75) is 0 Å². The highest BCUT2D eigenvalue weighted by atomic mass is 16.5. The van der Waals surface area contributed by atoms with Gasteiger partial charge in [0, 0.05) is 13.6 Å². The molecule has 0 bridgehead atoms. The molecular weight excluding hydrogens is 138 g/mol. The number of hydrogen-bond donors (Lipinski definition) is 1. The summed E-state index contributed by atoms with van der Waals surface area (Å²) in [4.78, 5) is 0. The van der Waals surface area contributed by atoms with Crippen molar-refractivity contribution in [3.8, 4) is 5.75 Å². The molecule has 0 atom stereocenters. The first kappa shape index (κ1) is 8.08. The van der Waals surface area contributed by atoms with Gasteiger partial charge in [-0.25, -0.2) is 0 Å². The van der Waals surface area contributed by atoms with Crippen molar-refractivity contribution >= 4 is 0 Å². The largest absolute Gasteiger partial charge is 0.492 e. The van der Waals surface area contributed by atoms with E-state index in [1.165, 1.54) is 0 Å². The van der Waals surface area contributed by atoms with Crippen LogP contribution < -0.4 is 10.1 Å². The van der Waals surface area contributed by atoms with Crippen LogP contribution in [0.4, 0.5) is 0 Å². The van der Waals surface area contributed by atoms with Crippen LogP contribution in [0.2, 0.25) is 0 Å². The highest BCUT2D eigenvalue weighted by molar-refractivity contribution is 5.20. The van der Waals surface area contributed by atoms with Crippen molar-refractivity contribution in [1.82, 2.24) is 5.32 Å². The summed E-state index contributed by atoms with van der Waals surface area (Å²) in [5.74, 6) is 0.878. The summed E-state index contributed by atoms with van der Waals surface area (Å²) in [6.07, 6.45) is 0. The van der Waals surface area contributed by atoms with E-state index in [9.17, 15) is 0 Å². The normalized spacial score (nSPS) is 9.55. The molecule has 0 fully saturated rings. The third-order valence-electron chi connectivity index (χ3n) is 1.26. The Balaban J connectivity index is 2.28. The minimum atomic E-state index is 0.598. The zero-order valence-corrected chi connectivity index (χ0v) is 6.29. The summed E-state index contributed by atoms with van der Waals surface area (Å²) in [6, 6.07) is 9.65. The highest BCUT2D eigenvalue weighted by Crippen LogP contribution is 2.07. The lowest BCUT2D eigenvalue weighted by Crippen LogP contribution is -2.13. The Hall–Kier alpha value is -1.02. The number of para-hydroxylation sites is 1. The maximum atomic E-state index is 5.30. The van der Waals surface area contributed by atoms with Gasteiger partial charge in [0.25, 0.3) is 0 Å². The van der Waals surface area contributed by atoms with Gasteiger partial charge >= 0.3 is 0 Å². The molecule has 2 heteroatoms. The lowest BCUT2D eigenvalue weighted by Gasteiger charge is -2.03. The van der Waals surface area contributed by atoms with Crippen molar-refractivity contribution in [3.05, 3.63) is 37.4 Å². The molecule has 0 aliphatic rings. The molecule has 0 heterocycles. The lowest BCUT2D eigenvalue weighted by atomic mass is 10.3. The Morgan fingerprint density at radius 3 is 2.64 bits per heavy atom. The summed E-state index contributed by atoms with van der Waals surface area (Å²) in [6.45, 7) is 1.26. The molecule has 1 rings (SSSR count). The predicted octanol–water partition coefficient (Wildman–Crippen LogP) is 1.32. The molecule has 1 aromatic carbocycles. The fourth-order valence-corrected chi connectivity index (χ4v) is 0.745. The molecule has 2 nitrogen and oxygen atoms in total. The van der Waals surface area contributed by atoms with E-state index in [0.717, 1.165) is 5.75 Å². The Morgan fingerprint density at radius 1 is 1.27 bits per heavy atom. The predicted molar refractivity (Wildman–Crippen MR) is 44.2 cm³/mol. The van der Waals surface area contributed by atoms with Crippen molar-refractivity contribution in [2.24, 2.45) is 0 Å². The van der Waals surface area contributed by atoms with E-state index in [0.29, 0.717) is 13.2 Å². The second kappa shape index (κ2) is 4.74. The maximum Gasteiger partial charge on any atom is 0.119 e. The third kappa shape index (κ3) is 3.05. The Labute approximate surface area is 67.2 Å². The quantitative estimate of drug-likeness (QED) is 0.515. The van der Waals surface area contributed by atoms with Gasteiger partial charge in [0.05, 0.1) is 0 Å². The second-order valence-corrected chi connectivity index (χ2v) is 2.12.